The zero-order chi connectivity index (χ0) is 9.84. The fourth-order valence-corrected chi connectivity index (χ4v) is 0.933. The second-order valence-corrected chi connectivity index (χ2v) is 2.63. The van der Waals surface area contributed by atoms with Gasteiger partial charge in [-0.05, 0) is 19.9 Å². The largest absolute Gasteiger partial charge is 0.846 e. The molecule has 0 aliphatic carbocycles. The van der Waals surface area contributed by atoms with E-state index in [9.17, 15) is 5.11 Å². The van der Waals surface area contributed by atoms with Crippen LogP contribution in [0.15, 0.2) is 11.1 Å². The third kappa shape index (κ3) is 2.70. The van der Waals surface area contributed by atoms with Gasteiger partial charge in [-0.25, -0.2) is 9.97 Å². The Morgan fingerprint density at radius 3 is 2.38 bits per heavy atom. The number of hydrogen-bond acceptors (Lipinski definition) is 4. The summed E-state index contributed by atoms with van der Waals surface area (Å²) in [6, 6.07) is 1.39. The van der Waals surface area contributed by atoms with Crippen LogP contribution in [-0.2, 0) is 0 Å². The number of hydrogen-bond donors (Lipinski definition) is 1. The molecule has 0 atom stereocenters. The van der Waals surface area contributed by atoms with Gasteiger partial charge in [0.15, 0.2) is 0 Å². The summed E-state index contributed by atoms with van der Waals surface area (Å²) in [5, 5.41) is 13.3. The van der Waals surface area contributed by atoms with Crippen molar-refractivity contribution in [2.24, 2.45) is 4.99 Å². The van der Waals surface area contributed by atoms with Crippen molar-refractivity contribution >= 4 is 12.0 Å². The van der Waals surface area contributed by atoms with Gasteiger partial charge in [0.25, 0.3) is 0 Å². The lowest BCUT2D eigenvalue weighted by Gasteiger charge is -2.11. The Morgan fingerprint density at radius 2 is 1.92 bits per heavy atom. The van der Waals surface area contributed by atoms with Crippen LogP contribution in [0.1, 0.15) is 11.4 Å². The molecule has 5 heteroatoms. The average Bonchev–Trinajstić information content (AvgIpc) is 2.02. The Hall–Kier alpha value is -1.65. The molecule has 0 spiro atoms. The van der Waals surface area contributed by atoms with Gasteiger partial charge in [0.05, 0.1) is 6.02 Å². The number of aryl methyl sites for hydroxylation is 2. The molecule has 0 fully saturated rings. The standard InChI is InChI=1S/C8H12N4O/c1-5-4-6(2)11-7(10-5)12-8(13)9-3/h4H,1-3H3,(H2,9,10,11,12,13)/p-1. The molecule has 1 aromatic heterocycles. The molecule has 0 aromatic carbocycles. The Morgan fingerprint density at radius 1 is 1.38 bits per heavy atom. The molecule has 0 aliphatic heterocycles. The molecule has 1 aromatic rings. The number of amidine groups is 1. The minimum atomic E-state index is -0.440. The summed E-state index contributed by atoms with van der Waals surface area (Å²) in [6.07, 6.45) is 0. The zero-order valence-corrected chi connectivity index (χ0v) is 7.83. The predicted octanol–water partition coefficient (Wildman–Crippen LogP) is -0.149. The topological polar surface area (TPSA) is 73.2 Å². The smallest absolute Gasteiger partial charge is 0.227 e. The number of nitrogens with zero attached hydrogens (tertiary/aromatic N) is 3. The molecular weight excluding hydrogens is 168 g/mol. The van der Waals surface area contributed by atoms with Crippen molar-refractivity contribution in [2.45, 2.75) is 13.8 Å². The molecule has 0 saturated carbocycles. The first-order valence-corrected chi connectivity index (χ1v) is 3.85. The van der Waals surface area contributed by atoms with Crippen LogP contribution in [0.25, 0.3) is 0 Å². The first-order valence-electron chi connectivity index (χ1n) is 3.85. The van der Waals surface area contributed by atoms with Crippen molar-refractivity contribution in [1.29, 1.82) is 0 Å². The molecule has 5 nitrogen and oxygen atoms in total. The van der Waals surface area contributed by atoms with E-state index in [4.69, 9.17) is 0 Å². The molecule has 1 rings (SSSR count). The minimum Gasteiger partial charge on any atom is -0.846 e. The molecule has 0 unspecified atom stereocenters. The predicted molar refractivity (Wildman–Crippen MR) is 48.5 cm³/mol. The summed E-state index contributed by atoms with van der Waals surface area (Å²) in [5.41, 5.74) is 1.64. The third-order valence-electron chi connectivity index (χ3n) is 1.40. The number of aromatic nitrogens is 2. The van der Waals surface area contributed by atoms with Crippen LogP contribution in [-0.4, -0.2) is 23.0 Å². The first kappa shape index (κ1) is 9.44. The Bertz CT molecular complexity index is 315. The lowest BCUT2D eigenvalue weighted by Crippen LogP contribution is -2.27. The van der Waals surface area contributed by atoms with Crippen molar-refractivity contribution in [1.82, 2.24) is 9.97 Å². The van der Waals surface area contributed by atoms with Gasteiger partial charge in [0.2, 0.25) is 5.95 Å². The lowest BCUT2D eigenvalue weighted by molar-refractivity contribution is -0.214. The molecule has 0 amide bonds. The highest BCUT2D eigenvalue weighted by atomic mass is 16.3. The highest BCUT2D eigenvalue weighted by molar-refractivity contribution is 5.83. The van der Waals surface area contributed by atoms with Gasteiger partial charge in [-0.3, -0.25) is 4.99 Å². The fourth-order valence-electron chi connectivity index (χ4n) is 0.933. The Labute approximate surface area is 76.6 Å². The summed E-state index contributed by atoms with van der Waals surface area (Å²) in [6.45, 7) is 3.68. The number of nitrogens with one attached hydrogen (secondary N) is 1. The van der Waals surface area contributed by atoms with Gasteiger partial charge in [-0.1, -0.05) is 0 Å². The summed E-state index contributed by atoms with van der Waals surface area (Å²) in [7, 11) is 1.41. The van der Waals surface area contributed by atoms with Crippen LogP contribution in [0.3, 0.4) is 0 Å². The van der Waals surface area contributed by atoms with Gasteiger partial charge >= 0.3 is 0 Å². The highest BCUT2D eigenvalue weighted by Gasteiger charge is 1.96. The number of anilines is 1. The van der Waals surface area contributed by atoms with E-state index in [1.165, 1.54) is 7.05 Å². The molecule has 1 heterocycles. The zero-order valence-electron chi connectivity index (χ0n) is 7.83. The quantitative estimate of drug-likeness (QED) is 0.480. The Balaban J connectivity index is 2.89. The van der Waals surface area contributed by atoms with E-state index in [2.05, 4.69) is 20.3 Å². The molecule has 0 bridgehead atoms. The summed E-state index contributed by atoms with van der Waals surface area (Å²) < 4.78 is 0. The summed E-state index contributed by atoms with van der Waals surface area (Å²) in [4.78, 5) is 11.5. The maximum absolute atomic E-state index is 10.8. The second-order valence-electron chi connectivity index (χ2n) is 2.63. The van der Waals surface area contributed by atoms with E-state index in [-0.39, 0.29) is 0 Å². The molecule has 0 saturated heterocycles. The van der Waals surface area contributed by atoms with Gasteiger partial charge in [0.1, 0.15) is 0 Å². The molecule has 0 aliphatic rings. The fraction of sp³-hybridized carbons (Fsp3) is 0.375. The van der Waals surface area contributed by atoms with E-state index in [0.717, 1.165) is 11.4 Å². The maximum Gasteiger partial charge on any atom is 0.227 e. The van der Waals surface area contributed by atoms with Gasteiger partial charge in [-0.15, -0.1) is 0 Å². The number of aliphatic imine (C=N–C) groups is 1. The molecule has 70 valence electrons. The highest BCUT2D eigenvalue weighted by Crippen LogP contribution is 2.02. The van der Waals surface area contributed by atoms with Crippen molar-refractivity contribution in [3.63, 3.8) is 0 Å². The van der Waals surface area contributed by atoms with Gasteiger partial charge in [-0.2, -0.15) is 0 Å². The van der Waals surface area contributed by atoms with Crippen LogP contribution >= 0.6 is 0 Å². The van der Waals surface area contributed by atoms with E-state index in [0.29, 0.717) is 5.95 Å². The van der Waals surface area contributed by atoms with Crippen LogP contribution < -0.4 is 10.4 Å². The van der Waals surface area contributed by atoms with Crippen molar-refractivity contribution in [2.75, 3.05) is 12.4 Å². The van der Waals surface area contributed by atoms with Crippen molar-refractivity contribution in [3.05, 3.63) is 17.5 Å². The lowest BCUT2D eigenvalue weighted by atomic mass is 10.4. The van der Waals surface area contributed by atoms with E-state index < -0.39 is 6.02 Å². The summed E-state index contributed by atoms with van der Waals surface area (Å²) in [5.74, 6) is 0.299. The third-order valence-corrected chi connectivity index (χ3v) is 1.40. The molecule has 0 radical (unpaired) electrons. The van der Waals surface area contributed by atoms with Crippen LogP contribution in [0.5, 0.6) is 0 Å². The first-order chi connectivity index (χ1) is 6.11. The van der Waals surface area contributed by atoms with Crippen LogP contribution in [0.4, 0.5) is 5.95 Å². The summed E-state index contributed by atoms with van der Waals surface area (Å²) >= 11 is 0. The van der Waals surface area contributed by atoms with Crippen LogP contribution in [0.2, 0.25) is 0 Å². The van der Waals surface area contributed by atoms with E-state index >= 15 is 0 Å². The normalized spacial score (nSPS) is 11.5. The molecule has 13 heavy (non-hydrogen) atoms. The van der Waals surface area contributed by atoms with Crippen LogP contribution in [0, 0.1) is 13.8 Å². The maximum atomic E-state index is 10.8. The number of rotatable bonds is 1. The monoisotopic (exact) mass is 179 g/mol. The molecule has 1 N–H and O–H groups in total. The second kappa shape index (κ2) is 3.84. The Kier molecular flexibility index (Phi) is 2.79. The van der Waals surface area contributed by atoms with Crippen molar-refractivity contribution < 1.29 is 5.11 Å². The van der Waals surface area contributed by atoms with E-state index in [1.54, 1.807) is 0 Å². The molecular formula is C8H11N4O-. The minimum absolute atomic E-state index is 0.299. The van der Waals surface area contributed by atoms with E-state index in [1.807, 2.05) is 19.9 Å². The average molecular weight is 179 g/mol. The van der Waals surface area contributed by atoms with Crippen molar-refractivity contribution in [3.8, 4) is 0 Å². The van der Waals surface area contributed by atoms with Gasteiger partial charge < -0.3 is 10.4 Å². The van der Waals surface area contributed by atoms with Gasteiger partial charge in [0, 0.05) is 18.4 Å². The SMILES string of the molecule is CN=C([O-])Nc1nc(C)cc(C)n1.